The van der Waals surface area contributed by atoms with Gasteiger partial charge in [0.15, 0.2) is 0 Å². The van der Waals surface area contributed by atoms with Gasteiger partial charge >= 0.3 is 0 Å². The van der Waals surface area contributed by atoms with Crippen molar-refractivity contribution >= 4 is 29.3 Å². The van der Waals surface area contributed by atoms with E-state index in [4.69, 9.17) is 0 Å². The number of benzene rings is 1. The van der Waals surface area contributed by atoms with E-state index < -0.39 is 0 Å². The van der Waals surface area contributed by atoms with E-state index in [9.17, 15) is 4.79 Å². The first-order valence-corrected chi connectivity index (χ1v) is 6.05. The quantitative estimate of drug-likeness (QED) is 0.840. The molecular formula is C12H16ClN5O. The zero-order valence-corrected chi connectivity index (χ0v) is 11.4. The maximum absolute atomic E-state index is 12.1. The Bertz CT molecular complexity index is 591. The summed E-state index contributed by atoms with van der Waals surface area (Å²) < 4.78 is 1.69. The summed E-state index contributed by atoms with van der Waals surface area (Å²) in [5.74, 6) is -0.0451. The van der Waals surface area contributed by atoms with Crippen LogP contribution in [0.1, 0.15) is 16.8 Å². The summed E-state index contributed by atoms with van der Waals surface area (Å²) in [7, 11) is 1.83. The molecule has 19 heavy (non-hydrogen) atoms. The van der Waals surface area contributed by atoms with Gasteiger partial charge in [-0.2, -0.15) is 0 Å². The van der Waals surface area contributed by atoms with Gasteiger partial charge in [-0.15, -0.1) is 17.5 Å². The number of carbonyl (C=O) groups excluding carboxylic acids is 1. The van der Waals surface area contributed by atoms with E-state index in [1.807, 2.05) is 19.2 Å². The minimum atomic E-state index is -0.0451. The second-order valence-electron chi connectivity index (χ2n) is 4.58. The molecule has 6 nitrogen and oxygen atoms in total. The molecule has 1 aromatic carbocycles. The average Bonchev–Trinajstić information content (AvgIpc) is 2.99. The Balaban J connectivity index is 0.00000133. The molecule has 2 aromatic rings. The summed E-state index contributed by atoms with van der Waals surface area (Å²) >= 11 is 0. The van der Waals surface area contributed by atoms with Gasteiger partial charge in [-0.1, -0.05) is 5.21 Å². The summed E-state index contributed by atoms with van der Waals surface area (Å²) in [6.07, 6.45) is 0.985. The molecule has 1 unspecified atom stereocenters. The molecule has 2 heterocycles. The highest BCUT2D eigenvalue weighted by molar-refractivity contribution is 5.97. The maximum Gasteiger partial charge on any atom is 0.251 e. The lowest BCUT2D eigenvalue weighted by molar-refractivity contribution is 0.0940. The molecule has 0 spiro atoms. The van der Waals surface area contributed by atoms with Crippen LogP contribution in [-0.2, 0) is 7.05 Å². The molecule has 1 aliphatic heterocycles. The number of fused-ring (bicyclic) bond motifs is 1. The van der Waals surface area contributed by atoms with Crippen molar-refractivity contribution in [3.63, 3.8) is 0 Å². The molecule has 1 fully saturated rings. The monoisotopic (exact) mass is 281 g/mol. The highest BCUT2D eigenvalue weighted by Crippen LogP contribution is 2.12. The van der Waals surface area contributed by atoms with E-state index in [0.29, 0.717) is 5.56 Å². The van der Waals surface area contributed by atoms with Gasteiger partial charge < -0.3 is 10.6 Å². The molecule has 0 aliphatic carbocycles. The average molecular weight is 282 g/mol. The molecule has 2 N–H and O–H groups in total. The third-order valence-electron chi connectivity index (χ3n) is 3.27. The van der Waals surface area contributed by atoms with Crippen molar-refractivity contribution in [2.24, 2.45) is 7.05 Å². The summed E-state index contributed by atoms with van der Waals surface area (Å²) in [6, 6.07) is 5.69. The van der Waals surface area contributed by atoms with Crippen LogP contribution in [0.5, 0.6) is 0 Å². The van der Waals surface area contributed by atoms with Crippen LogP contribution in [0.15, 0.2) is 18.2 Å². The van der Waals surface area contributed by atoms with Crippen molar-refractivity contribution in [1.82, 2.24) is 25.6 Å². The third-order valence-corrected chi connectivity index (χ3v) is 3.27. The van der Waals surface area contributed by atoms with Crippen LogP contribution in [0.2, 0.25) is 0 Å². The standard InChI is InChI=1S/C12H15N5O.ClH/c1-17-11-3-2-8(6-10(11)15-16-17)12(18)14-9-4-5-13-7-9;/h2-3,6,9,13H,4-5,7H2,1H3,(H,14,18);1H. The smallest absolute Gasteiger partial charge is 0.251 e. The van der Waals surface area contributed by atoms with Crippen molar-refractivity contribution in [1.29, 1.82) is 0 Å². The van der Waals surface area contributed by atoms with Gasteiger partial charge in [-0.05, 0) is 31.2 Å². The van der Waals surface area contributed by atoms with Crippen LogP contribution in [0.3, 0.4) is 0 Å². The highest BCUT2D eigenvalue weighted by atomic mass is 35.5. The first-order valence-electron chi connectivity index (χ1n) is 6.05. The maximum atomic E-state index is 12.1. The zero-order valence-electron chi connectivity index (χ0n) is 10.6. The van der Waals surface area contributed by atoms with Gasteiger partial charge in [0.2, 0.25) is 0 Å². The van der Waals surface area contributed by atoms with Crippen molar-refractivity contribution < 1.29 is 4.79 Å². The van der Waals surface area contributed by atoms with Crippen LogP contribution in [-0.4, -0.2) is 40.0 Å². The van der Waals surface area contributed by atoms with E-state index >= 15 is 0 Å². The number of nitrogens with zero attached hydrogens (tertiary/aromatic N) is 3. The van der Waals surface area contributed by atoms with Gasteiger partial charge in [0, 0.05) is 25.2 Å². The minimum absolute atomic E-state index is 0. The summed E-state index contributed by atoms with van der Waals surface area (Å²) in [4.78, 5) is 12.1. The second kappa shape index (κ2) is 5.54. The Hall–Kier alpha value is -1.66. The van der Waals surface area contributed by atoms with Gasteiger partial charge in [-0.3, -0.25) is 4.79 Å². The molecule has 3 rings (SSSR count). The number of carbonyl (C=O) groups is 1. The highest BCUT2D eigenvalue weighted by Gasteiger charge is 2.18. The molecule has 7 heteroatoms. The SMILES string of the molecule is Cl.Cn1nnc2cc(C(=O)NC3CCNC3)ccc21. The third kappa shape index (κ3) is 2.69. The molecule has 1 saturated heterocycles. The van der Waals surface area contributed by atoms with Gasteiger partial charge in [0.05, 0.1) is 5.52 Å². The van der Waals surface area contributed by atoms with Crippen LogP contribution >= 0.6 is 12.4 Å². The molecular weight excluding hydrogens is 266 g/mol. The van der Waals surface area contributed by atoms with E-state index in [1.54, 1.807) is 10.7 Å². The normalized spacial score (nSPS) is 18.3. The van der Waals surface area contributed by atoms with E-state index in [1.165, 1.54) is 0 Å². The van der Waals surface area contributed by atoms with E-state index in [2.05, 4.69) is 20.9 Å². The van der Waals surface area contributed by atoms with Crippen molar-refractivity contribution in [2.45, 2.75) is 12.5 Å². The largest absolute Gasteiger partial charge is 0.348 e. The zero-order chi connectivity index (χ0) is 12.5. The fourth-order valence-electron chi connectivity index (χ4n) is 2.23. The van der Waals surface area contributed by atoms with E-state index in [0.717, 1.165) is 30.5 Å². The first-order chi connectivity index (χ1) is 8.74. The lowest BCUT2D eigenvalue weighted by Crippen LogP contribution is -2.36. The Morgan fingerprint density at radius 1 is 1.53 bits per heavy atom. The van der Waals surface area contributed by atoms with Crippen molar-refractivity contribution in [3.05, 3.63) is 23.8 Å². The Kier molecular flexibility index (Phi) is 4.01. The summed E-state index contributed by atoms with van der Waals surface area (Å²) in [6.45, 7) is 1.81. The summed E-state index contributed by atoms with van der Waals surface area (Å²) in [5.41, 5.74) is 2.30. The Morgan fingerprint density at radius 2 is 2.37 bits per heavy atom. The predicted octanol–water partition coefficient (Wildman–Crippen LogP) is 0.482. The molecule has 1 aromatic heterocycles. The number of halogens is 1. The summed E-state index contributed by atoms with van der Waals surface area (Å²) in [5, 5.41) is 14.2. The lowest BCUT2D eigenvalue weighted by atomic mass is 10.1. The molecule has 1 atom stereocenters. The number of amides is 1. The lowest BCUT2D eigenvalue weighted by Gasteiger charge is -2.11. The minimum Gasteiger partial charge on any atom is -0.348 e. The predicted molar refractivity (Wildman–Crippen MR) is 74.5 cm³/mol. The fraction of sp³-hybridized carbons (Fsp3) is 0.417. The van der Waals surface area contributed by atoms with E-state index in [-0.39, 0.29) is 24.4 Å². The molecule has 1 aliphatic rings. The van der Waals surface area contributed by atoms with Gasteiger partial charge in [0.1, 0.15) is 5.52 Å². The number of hydrogen-bond donors (Lipinski definition) is 2. The number of aromatic nitrogens is 3. The number of hydrogen-bond acceptors (Lipinski definition) is 4. The van der Waals surface area contributed by atoms with Crippen LogP contribution in [0, 0.1) is 0 Å². The fourth-order valence-corrected chi connectivity index (χ4v) is 2.23. The first kappa shape index (κ1) is 13.8. The molecule has 0 saturated carbocycles. The van der Waals surface area contributed by atoms with Crippen LogP contribution < -0.4 is 10.6 Å². The Labute approximate surface area is 117 Å². The number of rotatable bonds is 2. The van der Waals surface area contributed by atoms with Crippen LogP contribution in [0.25, 0.3) is 11.0 Å². The van der Waals surface area contributed by atoms with Crippen molar-refractivity contribution in [2.75, 3.05) is 13.1 Å². The number of nitrogens with one attached hydrogen (secondary N) is 2. The topological polar surface area (TPSA) is 71.8 Å². The Morgan fingerprint density at radius 3 is 3.11 bits per heavy atom. The number of aryl methyl sites for hydroxylation is 1. The van der Waals surface area contributed by atoms with Gasteiger partial charge in [-0.25, -0.2) is 4.68 Å². The molecule has 1 amide bonds. The molecule has 0 radical (unpaired) electrons. The van der Waals surface area contributed by atoms with Crippen molar-refractivity contribution in [3.8, 4) is 0 Å². The molecule has 102 valence electrons. The second-order valence-corrected chi connectivity index (χ2v) is 4.58. The van der Waals surface area contributed by atoms with Crippen LogP contribution in [0.4, 0.5) is 0 Å². The molecule has 0 bridgehead atoms. The van der Waals surface area contributed by atoms with Gasteiger partial charge in [0.25, 0.3) is 5.91 Å².